The summed E-state index contributed by atoms with van der Waals surface area (Å²) in [6.07, 6.45) is 4.42. The molecule has 4 rings (SSSR count). The third kappa shape index (κ3) is 2.14. The SMILES string of the molecule is Brc1cc(C2CC2)nc2c1cnn2Cc1ccccc1. The van der Waals surface area contributed by atoms with Crippen molar-refractivity contribution in [2.45, 2.75) is 25.3 Å². The molecule has 1 fully saturated rings. The number of aromatic nitrogens is 3. The Bertz CT molecular complexity index is 760. The van der Waals surface area contributed by atoms with E-state index in [1.54, 1.807) is 0 Å². The lowest BCUT2D eigenvalue weighted by Gasteiger charge is -2.05. The second-order valence-electron chi connectivity index (χ2n) is 5.33. The Morgan fingerprint density at radius 3 is 2.75 bits per heavy atom. The Labute approximate surface area is 125 Å². The van der Waals surface area contributed by atoms with Crippen molar-refractivity contribution in [3.63, 3.8) is 0 Å². The summed E-state index contributed by atoms with van der Waals surface area (Å²) in [5.41, 5.74) is 3.41. The molecule has 1 aromatic carbocycles. The van der Waals surface area contributed by atoms with Crippen molar-refractivity contribution in [1.29, 1.82) is 0 Å². The van der Waals surface area contributed by atoms with Crippen LogP contribution in [0.15, 0.2) is 47.1 Å². The van der Waals surface area contributed by atoms with Crippen molar-refractivity contribution in [1.82, 2.24) is 14.8 Å². The highest BCUT2D eigenvalue weighted by molar-refractivity contribution is 9.10. The topological polar surface area (TPSA) is 30.7 Å². The fourth-order valence-electron chi connectivity index (χ4n) is 2.49. The molecule has 0 N–H and O–H groups in total. The zero-order valence-electron chi connectivity index (χ0n) is 11.0. The number of pyridine rings is 1. The summed E-state index contributed by atoms with van der Waals surface area (Å²) in [7, 11) is 0. The fraction of sp³-hybridized carbons (Fsp3) is 0.250. The zero-order valence-corrected chi connectivity index (χ0v) is 12.5. The molecule has 3 aromatic rings. The third-order valence-corrected chi connectivity index (χ3v) is 4.41. The van der Waals surface area contributed by atoms with Gasteiger partial charge < -0.3 is 0 Å². The van der Waals surface area contributed by atoms with Crippen LogP contribution in [0.2, 0.25) is 0 Å². The lowest BCUT2D eigenvalue weighted by atomic mass is 10.2. The molecule has 1 aliphatic rings. The van der Waals surface area contributed by atoms with Gasteiger partial charge in [-0.05, 0) is 40.4 Å². The Morgan fingerprint density at radius 1 is 1.20 bits per heavy atom. The molecular formula is C16H14BrN3. The van der Waals surface area contributed by atoms with Crippen LogP contribution in [0, 0.1) is 0 Å². The molecule has 20 heavy (non-hydrogen) atoms. The van der Waals surface area contributed by atoms with Gasteiger partial charge in [-0.2, -0.15) is 5.10 Å². The molecule has 0 aliphatic heterocycles. The molecule has 1 aliphatic carbocycles. The van der Waals surface area contributed by atoms with Gasteiger partial charge in [0.25, 0.3) is 0 Å². The van der Waals surface area contributed by atoms with Crippen molar-refractivity contribution in [3.05, 3.63) is 58.3 Å². The van der Waals surface area contributed by atoms with E-state index < -0.39 is 0 Å². The molecule has 0 amide bonds. The summed E-state index contributed by atoms with van der Waals surface area (Å²) in [5, 5.41) is 5.58. The van der Waals surface area contributed by atoms with Crippen LogP contribution in [0.1, 0.15) is 30.0 Å². The van der Waals surface area contributed by atoms with E-state index in [1.807, 2.05) is 16.9 Å². The molecule has 2 heterocycles. The molecule has 0 bridgehead atoms. The van der Waals surface area contributed by atoms with Crippen LogP contribution in [0.4, 0.5) is 0 Å². The van der Waals surface area contributed by atoms with Crippen molar-refractivity contribution in [3.8, 4) is 0 Å². The lowest BCUT2D eigenvalue weighted by Crippen LogP contribution is -2.03. The summed E-state index contributed by atoms with van der Waals surface area (Å²) in [4.78, 5) is 4.82. The van der Waals surface area contributed by atoms with Crippen molar-refractivity contribution in [2.24, 2.45) is 0 Å². The molecule has 0 spiro atoms. The fourth-order valence-corrected chi connectivity index (χ4v) is 3.00. The van der Waals surface area contributed by atoms with Gasteiger partial charge in [0, 0.05) is 16.1 Å². The Kier molecular flexibility index (Phi) is 2.84. The van der Waals surface area contributed by atoms with Crippen LogP contribution < -0.4 is 0 Å². The largest absolute Gasteiger partial charge is 0.243 e. The number of hydrogen-bond donors (Lipinski definition) is 0. The maximum absolute atomic E-state index is 4.82. The van der Waals surface area contributed by atoms with Crippen LogP contribution in [-0.2, 0) is 6.54 Å². The molecule has 1 saturated carbocycles. The van der Waals surface area contributed by atoms with E-state index in [0.29, 0.717) is 5.92 Å². The first-order chi connectivity index (χ1) is 9.81. The van der Waals surface area contributed by atoms with Gasteiger partial charge in [0.2, 0.25) is 0 Å². The van der Waals surface area contributed by atoms with Gasteiger partial charge in [0.1, 0.15) is 0 Å². The van der Waals surface area contributed by atoms with Gasteiger partial charge in [-0.25, -0.2) is 9.67 Å². The predicted octanol–water partition coefficient (Wildman–Crippen LogP) is 4.12. The number of halogens is 1. The normalized spacial score (nSPS) is 14.8. The molecule has 0 unspecified atom stereocenters. The van der Waals surface area contributed by atoms with E-state index in [9.17, 15) is 0 Å². The first kappa shape index (κ1) is 12.1. The van der Waals surface area contributed by atoms with E-state index in [-0.39, 0.29) is 0 Å². The predicted molar refractivity (Wildman–Crippen MR) is 82.7 cm³/mol. The second-order valence-corrected chi connectivity index (χ2v) is 6.18. The van der Waals surface area contributed by atoms with Gasteiger partial charge in [-0.1, -0.05) is 30.3 Å². The van der Waals surface area contributed by atoms with Crippen molar-refractivity contribution in [2.75, 3.05) is 0 Å². The van der Waals surface area contributed by atoms with Gasteiger partial charge in [0.05, 0.1) is 18.1 Å². The first-order valence-corrected chi connectivity index (χ1v) is 7.66. The highest BCUT2D eigenvalue weighted by Gasteiger charge is 2.26. The van der Waals surface area contributed by atoms with E-state index in [0.717, 1.165) is 22.1 Å². The molecule has 2 aromatic heterocycles. The van der Waals surface area contributed by atoms with Crippen molar-refractivity contribution < 1.29 is 0 Å². The van der Waals surface area contributed by atoms with Crippen LogP contribution in [0.25, 0.3) is 11.0 Å². The molecule has 0 radical (unpaired) electrons. The Balaban J connectivity index is 1.79. The zero-order chi connectivity index (χ0) is 13.5. The van der Waals surface area contributed by atoms with E-state index in [4.69, 9.17) is 4.98 Å². The van der Waals surface area contributed by atoms with E-state index in [2.05, 4.69) is 51.4 Å². The molecule has 100 valence electrons. The molecule has 0 atom stereocenters. The smallest absolute Gasteiger partial charge is 0.159 e. The number of hydrogen-bond acceptors (Lipinski definition) is 2. The van der Waals surface area contributed by atoms with Crippen LogP contribution in [-0.4, -0.2) is 14.8 Å². The van der Waals surface area contributed by atoms with Crippen LogP contribution in [0.5, 0.6) is 0 Å². The maximum Gasteiger partial charge on any atom is 0.159 e. The summed E-state index contributed by atoms with van der Waals surface area (Å²) in [6, 6.07) is 12.5. The summed E-state index contributed by atoms with van der Waals surface area (Å²) in [6.45, 7) is 0.762. The Hall–Kier alpha value is -1.68. The minimum atomic E-state index is 0.649. The van der Waals surface area contributed by atoms with E-state index in [1.165, 1.54) is 24.1 Å². The van der Waals surface area contributed by atoms with Gasteiger partial charge in [-0.15, -0.1) is 0 Å². The highest BCUT2D eigenvalue weighted by Crippen LogP contribution is 2.40. The van der Waals surface area contributed by atoms with Crippen LogP contribution in [0.3, 0.4) is 0 Å². The quantitative estimate of drug-likeness (QED) is 0.724. The second kappa shape index (κ2) is 4.70. The monoisotopic (exact) mass is 327 g/mol. The van der Waals surface area contributed by atoms with Gasteiger partial charge in [-0.3, -0.25) is 0 Å². The van der Waals surface area contributed by atoms with E-state index >= 15 is 0 Å². The first-order valence-electron chi connectivity index (χ1n) is 6.87. The molecule has 0 saturated heterocycles. The Morgan fingerprint density at radius 2 is 2.00 bits per heavy atom. The minimum Gasteiger partial charge on any atom is -0.243 e. The van der Waals surface area contributed by atoms with Gasteiger partial charge in [0.15, 0.2) is 5.65 Å². The van der Waals surface area contributed by atoms with Crippen LogP contribution >= 0.6 is 15.9 Å². The molecule has 3 nitrogen and oxygen atoms in total. The number of nitrogens with zero attached hydrogens (tertiary/aromatic N) is 3. The number of fused-ring (bicyclic) bond motifs is 1. The lowest BCUT2D eigenvalue weighted by molar-refractivity contribution is 0.702. The standard InChI is InChI=1S/C16H14BrN3/c17-14-8-15(12-6-7-12)19-16-13(14)9-18-20(16)10-11-4-2-1-3-5-11/h1-5,8-9,12H,6-7,10H2. The minimum absolute atomic E-state index is 0.649. The molecule has 4 heteroatoms. The number of rotatable bonds is 3. The maximum atomic E-state index is 4.82. The highest BCUT2D eigenvalue weighted by atomic mass is 79.9. The summed E-state index contributed by atoms with van der Waals surface area (Å²) in [5.74, 6) is 0.649. The third-order valence-electron chi connectivity index (χ3n) is 3.75. The van der Waals surface area contributed by atoms with Crippen molar-refractivity contribution >= 4 is 27.0 Å². The van der Waals surface area contributed by atoms with Gasteiger partial charge >= 0.3 is 0 Å². The molecular weight excluding hydrogens is 314 g/mol. The number of benzene rings is 1. The summed E-state index contributed by atoms with van der Waals surface area (Å²) >= 11 is 3.65. The average molecular weight is 328 g/mol. The average Bonchev–Trinajstić information content (AvgIpc) is 3.24. The summed E-state index contributed by atoms with van der Waals surface area (Å²) < 4.78 is 3.09.